The van der Waals surface area contributed by atoms with Gasteiger partial charge in [-0.25, -0.2) is 8.42 Å². The number of carbonyl (C=O) groups excluding carboxylic acids is 2. The first-order chi connectivity index (χ1) is 15.3. The zero-order valence-electron chi connectivity index (χ0n) is 18.0. The SMILES string of the molecule is CCOC(=O)Cn1c(=NC(=O)c2ccc(S(=O)(=O)CC)cc2)sc2cc(OCC)ccc21. The van der Waals surface area contributed by atoms with E-state index in [9.17, 15) is 18.0 Å². The Morgan fingerprint density at radius 1 is 1.03 bits per heavy atom. The summed E-state index contributed by atoms with van der Waals surface area (Å²) in [6.07, 6.45) is 0. The lowest BCUT2D eigenvalue weighted by Gasteiger charge is -2.06. The number of aromatic nitrogens is 1. The van der Waals surface area contributed by atoms with Crippen molar-refractivity contribution in [3.8, 4) is 5.75 Å². The van der Waals surface area contributed by atoms with E-state index < -0.39 is 21.7 Å². The molecule has 0 atom stereocenters. The summed E-state index contributed by atoms with van der Waals surface area (Å²) >= 11 is 1.25. The molecule has 10 heteroatoms. The van der Waals surface area contributed by atoms with E-state index >= 15 is 0 Å². The molecular formula is C22H24N2O6S2. The number of nitrogens with zero attached hydrogens (tertiary/aromatic N) is 2. The highest BCUT2D eigenvalue weighted by Crippen LogP contribution is 2.24. The Balaban J connectivity index is 2.04. The number of rotatable bonds is 8. The Labute approximate surface area is 190 Å². The summed E-state index contributed by atoms with van der Waals surface area (Å²) in [5.74, 6) is -0.330. The lowest BCUT2D eigenvalue weighted by atomic mass is 10.2. The van der Waals surface area contributed by atoms with Crippen molar-refractivity contribution < 1.29 is 27.5 Å². The summed E-state index contributed by atoms with van der Waals surface area (Å²) in [5, 5.41) is 0. The van der Waals surface area contributed by atoms with E-state index in [2.05, 4.69) is 4.99 Å². The number of hydrogen-bond donors (Lipinski definition) is 0. The Hall–Kier alpha value is -2.98. The zero-order valence-corrected chi connectivity index (χ0v) is 19.7. The molecule has 0 saturated heterocycles. The van der Waals surface area contributed by atoms with Crippen LogP contribution in [0.5, 0.6) is 5.75 Å². The Morgan fingerprint density at radius 3 is 2.38 bits per heavy atom. The van der Waals surface area contributed by atoms with E-state index in [0.717, 1.165) is 10.2 Å². The highest BCUT2D eigenvalue weighted by Gasteiger charge is 2.15. The molecule has 1 heterocycles. The fraction of sp³-hybridized carbons (Fsp3) is 0.318. The Bertz CT molecular complexity index is 1300. The summed E-state index contributed by atoms with van der Waals surface area (Å²) in [6, 6.07) is 11.1. The quantitative estimate of drug-likeness (QED) is 0.463. The number of amides is 1. The summed E-state index contributed by atoms with van der Waals surface area (Å²) in [6.45, 7) is 5.83. The normalized spacial score (nSPS) is 12.2. The summed E-state index contributed by atoms with van der Waals surface area (Å²) in [5.41, 5.74) is 0.970. The lowest BCUT2D eigenvalue weighted by molar-refractivity contribution is -0.143. The van der Waals surface area contributed by atoms with Crippen molar-refractivity contribution in [3.05, 3.63) is 52.8 Å². The number of hydrogen-bond acceptors (Lipinski definition) is 7. The molecule has 32 heavy (non-hydrogen) atoms. The van der Waals surface area contributed by atoms with Gasteiger partial charge in [0, 0.05) is 5.56 Å². The van der Waals surface area contributed by atoms with Crippen LogP contribution in [0.25, 0.3) is 10.2 Å². The van der Waals surface area contributed by atoms with Gasteiger partial charge in [-0.1, -0.05) is 18.3 Å². The molecule has 0 aliphatic heterocycles. The van der Waals surface area contributed by atoms with Crippen LogP contribution < -0.4 is 9.54 Å². The summed E-state index contributed by atoms with van der Waals surface area (Å²) in [4.78, 5) is 29.6. The Morgan fingerprint density at radius 2 is 1.75 bits per heavy atom. The minimum Gasteiger partial charge on any atom is -0.494 e. The monoisotopic (exact) mass is 476 g/mol. The van der Waals surface area contributed by atoms with Gasteiger partial charge in [0.2, 0.25) is 0 Å². The lowest BCUT2D eigenvalue weighted by Crippen LogP contribution is -2.23. The molecule has 0 aliphatic rings. The molecule has 8 nitrogen and oxygen atoms in total. The smallest absolute Gasteiger partial charge is 0.326 e. The largest absolute Gasteiger partial charge is 0.494 e. The van der Waals surface area contributed by atoms with Gasteiger partial charge in [0.05, 0.1) is 34.1 Å². The zero-order chi connectivity index (χ0) is 23.3. The molecule has 0 bridgehead atoms. The highest BCUT2D eigenvalue weighted by molar-refractivity contribution is 7.91. The van der Waals surface area contributed by atoms with Crippen molar-refractivity contribution in [2.45, 2.75) is 32.2 Å². The maximum absolute atomic E-state index is 12.8. The molecule has 1 amide bonds. The van der Waals surface area contributed by atoms with Crippen LogP contribution in [-0.2, 0) is 25.9 Å². The molecule has 0 saturated carbocycles. The molecule has 3 rings (SSSR count). The third kappa shape index (κ3) is 5.25. The van der Waals surface area contributed by atoms with Crippen LogP contribution in [0.2, 0.25) is 0 Å². The molecule has 3 aromatic rings. The fourth-order valence-electron chi connectivity index (χ4n) is 3.01. The van der Waals surface area contributed by atoms with Gasteiger partial charge >= 0.3 is 5.97 Å². The van der Waals surface area contributed by atoms with Crippen molar-refractivity contribution in [2.24, 2.45) is 4.99 Å². The van der Waals surface area contributed by atoms with Crippen LogP contribution in [0.1, 0.15) is 31.1 Å². The maximum Gasteiger partial charge on any atom is 0.326 e. The van der Waals surface area contributed by atoms with Gasteiger partial charge in [-0.2, -0.15) is 4.99 Å². The van der Waals surface area contributed by atoms with Crippen molar-refractivity contribution in [1.82, 2.24) is 4.57 Å². The Kier molecular flexibility index (Phi) is 7.47. The average Bonchev–Trinajstić information content (AvgIpc) is 3.10. The number of carbonyl (C=O) groups is 2. The number of fused-ring (bicyclic) bond motifs is 1. The first kappa shape index (κ1) is 23.7. The molecular weight excluding hydrogens is 452 g/mol. The topological polar surface area (TPSA) is 104 Å². The van der Waals surface area contributed by atoms with Crippen molar-refractivity contribution in [1.29, 1.82) is 0 Å². The minimum absolute atomic E-state index is 0.0238. The first-order valence-corrected chi connectivity index (χ1v) is 12.6. The third-order valence-electron chi connectivity index (χ3n) is 4.60. The highest BCUT2D eigenvalue weighted by atomic mass is 32.2. The number of thiazole rings is 1. The van der Waals surface area contributed by atoms with Crippen LogP contribution in [0.15, 0.2) is 52.4 Å². The van der Waals surface area contributed by atoms with Gasteiger partial charge in [0.15, 0.2) is 14.6 Å². The van der Waals surface area contributed by atoms with Crippen LogP contribution >= 0.6 is 11.3 Å². The van der Waals surface area contributed by atoms with Gasteiger partial charge in [-0.05, 0) is 56.3 Å². The van der Waals surface area contributed by atoms with Crippen LogP contribution in [0.3, 0.4) is 0 Å². The standard InChI is InChI=1S/C22H24N2O6S2/c1-4-29-16-9-12-18-19(13-16)31-22(24(18)14-20(25)30-5-2)23-21(26)15-7-10-17(11-8-15)32(27,28)6-3/h7-13H,4-6,14H2,1-3H3. The van der Waals surface area contributed by atoms with Gasteiger partial charge < -0.3 is 14.0 Å². The predicted molar refractivity (Wildman–Crippen MR) is 122 cm³/mol. The second-order valence-corrected chi connectivity index (χ2v) is 9.97. The van der Waals surface area contributed by atoms with E-state index in [1.807, 2.05) is 19.1 Å². The predicted octanol–water partition coefficient (Wildman–Crippen LogP) is 3.20. The van der Waals surface area contributed by atoms with E-state index in [1.165, 1.54) is 35.6 Å². The van der Waals surface area contributed by atoms with Gasteiger partial charge in [0.1, 0.15) is 12.3 Å². The number of sulfone groups is 1. The molecule has 0 radical (unpaired) electrons. The fourth-order valence-corrected chi connectivity index (χ4v) is 4.95. The third-order valence-corrected chi connectivity index (χ3v) is 7.39. The molecule has 0 N–H and O–H groups in total. The second-order valence-electron chi connectivity index (χ2n) is 6.68. The first-order valence-electron chi connectivity index (χ1n) is 10.1. The second kappa shape index (κ2) is 10.1. The van der Waals surface area contributed by atoms with Crippen molar-refractivity contribution in [2.75, 3.05) is 19.0 Å². The molecule has 0 unspecified atom stereocenters. The van der Waals surface area contributed by atoms with E-state index in [1.54, 1.807) is 24.5 Å². The minimum atomic E-state index is -3.36. The van der Waals surface area contributed by atoms with E-state index in [0.29, 0.717) is 17.2 Å². The van der Waals surface area contributed by atoms with Crippen LogP contribution in [0, 0.1) is 0 Å². The number of ether oxygens (including phenoxy) is 2. The van der Waals surface area contributed by atoms with Crippen LogP contribution in [0.4, 0.5) is 0 Å². The van der Waals surface area contributed by atoms with E-state index in [-0.39, 0.29) is 29.4 Å². The van der Waals surface area contributed by atoms with Gasteiger partial charge in [-0.15, -0.1) is 0 Å². The molecule has 2 aromatic carbocycles. The van der Waals surface area contributed by atoms with Gasteiger partial charge in [-0.3, -0.25) is 9.59 Å². The average molecular weight is 477 g/mol. The van der Waals surface area contributed by atoms with Crippen LogP contribution in [-0.4, -0.2) is 43.8 Å². The number of benzene rings is 2. The summed E-state index contributed by atoms with van der Waals surface area (Å²) < 4.78 is 37.0. The van der Waals surface area contributed by atoms with E-state index in [4.69, 9.17) is 9.47 Å². The molecule has 0 spiro atoms. The van der Waals surface area contributed by atoms with Crippen molar-refractivity contribution >= 4 is 43.3 Å². The molecule has 0 aliphatic carbocycles. The van der Waals surface area contributed by atoms with Gasteiger partial charge in [0.25, 0.3) is 5.91 Å². The van der Waals surface area contributed by atoms with Crippen molar-refractivity contribution in [3.63, 3.8) is 0 Å². The number of esters is 1. The maximum atomic E-state index is 12.8. The molecule has 0 fully saturated rings. The summed E-state index contributed by atoms with van der Waals surface area (Å²) in [7, 11) is -3.36. The molecule has 1 aromatic heterocycles. The molecule has 170 valence electrons.